The van der Waals surface area contributed by atoms with Gasteiger partial charge in [0.05, 0.1) is 6.04 Å². The van der Waals surface area contributed by atoms with Crippen molar-refractivity contribution in [3.8, 4) is 0 Å². The van der Waals surface area contributed by atoms with E-state index < -0.39 is 17.9 Å². The number of piperazine rings is 1. The van der Waals surface area contributed by atoms with Crippen LogP contribution in [0.4, 0.5) is 13.2 Å². The predicted octanol–water partition coefficient (Wildman–Crippen LogP) is 4.17. The molecule has 3 unspecified atom stereocenters. The summed E-state index contributed by atoms with van der Waals surface area (Å²) < 4.78 is 43.3. The van der Waals surface area contributed by atoms with Crippen molar-refractivity contribution in [3.05, 3.63) is 70.8 Å². The summed E-state index contributed by atoms with van der Waals surface area (Å²) in [5, 5.41) is 0. The van der Waals surface area contributed by atoms with Crippen LogP contribution in [0.2, 0.25) is 0 Å². The Morgan fingerprint density at radius 1 is 1.03 bits per heavy atom. The van der Waals surface area contributed by atoms with Crippen molar-refractivity contribution in [1.29, 1.82) is 0 Å². The van der Waals surface area contributed by atoms with Gasteiger partial charge < -0.3 is 4.90 Å². The summed E-state index contributed by atoms with van der Waals surface area (Å²) in [4.78, 5) is 6.42. The van der Waals surface area contributed by atoms with Crippen LogP contribution in [-0.2, 0) is 6.42 Å². The average Bonchev–Trinajstić information content (AvgIpc) is 3.14. The average molecular weight is 403 g/mol. The zero-order chi connectivity index (χ0) is 20.5. The molecule has 156 valence electrons. The Bertz CT molecular complexity index is 851. The molecule has 0 N–H and O–H groups in total. The molecule has 1 fully saturated rings. The van der Waals surface area contributed by atoms with E-state index in [1.54, 1.807) is 11.9 Å². The van der Waals surface area contributed by atoms with Gasteiger partial charge in [0, 0.05) is 37.8 Å². The van der Waals surface area contributed by atoms with E-state index in [1.165, 1.54) is 23.3 Å². The Labute approximate surface area is 170 Å². The van der Waals surface area contributed by atoms with Crippen molar-refractivity contribution in [2.45, 2.75) is 31.7 Å². The minimum Gasteiger partial charge on any atom is -0.301 e. The van der Waals surface area contributed by atoms with E-state index in [2.05, 4.69) is 28.9 Å². The van der Waals surface area contributed by atoms with Gasteiger partial charge in [-0.05, 0) is 37.2 Å². The Hall–Kier alpha value is -1.89. The first-order chi connectivity index (χ1) is 14.0. The molecule has 0 radical (unpaired) electrons. The van der Waals surface area contributed by atoms with E-state index in [-0.39, 0.29) is 17.6 Å². The highest BCUT2D eigenvalue weighted by molar-refractivity contribution is 5.38. The molecule has 1 heterocycles. The monoisotopic (exact) mass is 403 g/mol. The molecule has 1 saturated heterocycles. The van der Waals surface area contributed by atoms with Gasteiger partial charge >= 0.3 is 0 Å². The maximum atomic E-state index is 15.4. The fourth-order valence-electron chi connectivity index (χ4n) is 4.81. The highest BCUT2D eigenvalue weighted by Crippen LogP contribution is 2.41. The van der Waals surface area contributed by atoms with Crippen LogP contribution in [0.3, 0.4) is 0 Å². The lowest BCUT2D eigenvalue weighted by molar-refractivity contribution is 0.00497. The quantitative estimate of drug-likeness (QED) is 0.694. The predicted molar refractivity (Wildman–Crippen MR) is 108 cm³/mol. The third kappa shape index (κ3) is 3.81. The van der Waals surface area contributed by atoms with Crippen LogP contribution >= 0.6 is 0 Å². The van der Waals surface area contributed by atoms with Gasteiger partial charge in [-0.2, -0.15) is 0 Å². The molecule has 2 aromatic rings. The van der Waals surface area contributed by atoms with E-state index in [9.17, 15) is 8.78 Å². The number of hydrogen-bond donors (Lipinski definition) is 0. The lowest BCUT2D eigenvalue weighted by Crippen LogP contribution is -2.51. The van der Waals surface area contributed by atoms with Crippen LogP contribution in [0.5, 0.6) is 0 Å². The van der Waals surface area contributed by atoms with Crippen LogP contribution in [-0.4, -0.2) is 60.5 Å². The topological polar surface area (TPSA) is 9.72 Å². The van der Waals surface area contributed by atoms with Gasteiger partial charge in [-0.1, -0.05) is 43.3 Å². The van der Waals surface area contributed by atoms with E-state index in [0.717, 1.165) is 38.8 Å². The first-order valence-corrected chi connectivity index (χ1v) is 10.4. The zero-order valence-corrected chi connectivity index (χ0v) is 17.0. The number of halogens is 3. The van der Waals surface area contributed by atoms with Gasteiger partial charge in [-0.15, -0.1) is 0 Å². The maximum Gasteiger partial charge on any atom is 0.182 e. The summed E-state index contributed by atoms with van der Waals surface area (Å²) >= 11 is 0. The summed E-state index contributed by atoms with van der Waals surface area (Å²) in [6.45, 7) is 7.01. The Morgan fingerprint density at radius 2 is 1.76 bits per heavy atom. The summed E-state index contributed by atoms with van der Waals surface area (Å²) in [5.41, 5.74) is 2.19. The number of fused-ring (bicyclic) bond motifs is 1. The van der Waals surface area contributed by atoms with Crippen molar-refractivity contribution in [2.75, 3.05) is 39.8 Å². The van der Waals surface area contributed by atoms with Gasteiger partial charge in [-0.25, -0.2) is 13.2 Å². The summed E-state index contributed by atoms with van der Waals surface area (Å²) in [5.74, 6) is -2.11. The van der Waals surface area contributed by atoms with Crippen molar-refractivity contribution < 1.29 is 13.2 Å². The Balaban J connectivity index is 1.62. The molecule has 3 nitrogen and oxygen atoms in total. The summed E-state index contributed by atoms with van der Waals surface area (Å²) in [6, 6.07) is 11.9. The normalized spacial score (nSPS) is 24.1. The number of rotatable bonds is 5. The Morgan fingerprint density at radius 3 is 2.48 bits per heavy atom. The summed E-state index contributed by atoms with van der Waals surface area (Å²) in [6.07, 6.45) is -1.01. The molecule has 2 aliphatic rings. The van der Waals surface area contributed by atoms with E-state index in [0.29, 0.717) is 6.42 Å². The molecule has 29 heavy (non-hydrogen) atoms. The number of benzene rings is 2. The minimum absolute atomic E-state index is 0.0464. The van der Waals surface area contributed by atoms with Crippen LogP contribution < -0.4 is 0 Å². The first-order valence-electron chi connectivity index (χ1n) is 10.4. The fourth-order valence-corrected chi connectivity index (χ4v) is 4.81. The first kappa shape index (κ1) is 20.4. The smallest absolute Gasteiger partial charge is 0.182 e. The van der Waals surface area contributed by atoms with Gasteiger partial charge in [-0.3, -0.25) is 9.80 Å². The molecule has 0 amide bonds. The molecule has 0 saturated carbocycles. The second-order valence-corrected chi connectivity index (χ2v) is 8.03. The second-order valence-electron chi connectivity index (χ2n) is 8.03. The highest BCUT2D eigenvalue weighted by atomic mass is 19.2. The Kier molecular flexibility index (Phi) is 5.95. The van der Waals surface area contributed by atoms with E-state index in [4.69, 9.17) is 0 Å². The molecule has 1 aliphatic heterocycles. The molecule has 1 aliphatic carbocycles. The molecule has 4 rings (SSSR count). The van der Waals surface area contributed by atoms with E-state index in [1.807, 2.05) is 12.1 Å². The third-order valence-electron chi connectivity index (χ3n) is 6.53. The van der Waals surface area contributed by atoms with E-state index >= 15 is 4.39 Å². The highest BCUT2D eigenvalue weighted by Gasteiger charge is 2.42. The molecular formula is C23H28F3N3. The van der Waals surface area contributed by atoms with Crippen LogP contribution in [0.15, 0.2) is 42.5 Å². The lowest BCUT2D eigenvalue weighted by atomic mass is 10.0. The second kappa shape index (κ2) is 8.46. The van der Waals surface area contributed by atoms with Crippen LogP contribution in [0.1, 0.15) is 36.0 Å². The van der Waals surface area contributed by atoms with Crippen LogP contribution in [0.25, 0.3) is 0 Å². The minimum atomic E-state index is -1.70. The third-order valence-corrected chi connectivity index (χ3v) is 6.53. The lowest BCUT2D eigenvalue weighted by Gasteiger charge is -2.42. The van der Waals surface area contributed by atoms with Gasteiger partial charge in [0.25, 0.3) is 0 Å². The molecule has 2 aromatic carbocycles. The van der Waals surface area contributed by atoms with Crippen molar-refractivity contribution in [1.82, 2.24) is 14.7 Å². The molecule has 0 bridgehead atoms. The molecule has 0 aromatic heterocycles. The molecule has 6 heteroatoms. The number of nitrogens with zero attached hydrogens (tertiary/aromatic N) is 3. The number of likely N-dealkylation sites (N-methyl/N-ethyl adjacent to an activating group) is 2. The van der Waals surface area contributed by atoms with Crippen molar-refractivity contribution >= 4 is 0 Å². The van der Waals surface area contributed by atoms with Gasteiger partial charge in [0.1, 0.15) is 0 Å². The molecule has 0 spiro atoms. The molecule has 3 atom stereocenters. The zero-order valence-electron chi connectivity index (χ0n) is 17.0. The van der Waals surface area contributed by atoms with Crippen molar-refractivity contribution in [3.63, 3.8) is 0 Å². The number of alkyl halides is 1. The summed E-state index contributed by atoms with van der Waals surface area (Å²) in [7, 11) is 1.68. The largest absolute Gasteiger partial charge is 0.301 e. The SMILES string of the molecule is CCN1CCN(C2c3ccccc3CC2N(C)C(F)c2cccc(F)c2F)CC1. The van der Waals surface area contributed by atoms with Crippen molar-refractivity contribution in [2.24, 2.45) is 0 Å². The van der Waals surface area contributed by atoms with Gasteiger partial charge in [0.15, 0.2) is 17.9 Å². The maximum absolute atomic E-state index is 15.4. The fraction of sp³-hybridized carbons (Fsp3) is 0.478. The van der Waals surface area contributed by atoms with Gasteiger partial charge in [0.2, 0.25) is 0 Å². The van der Waals surface area contributed by atoms with Crippen LogP contribution in [0, 0.1) is 11.6 Å². The standard InChI is InChI=1S/C23H28F3N3/c1-3-28-11-13-29(14-12-28)22-17-8-5-4-7-16(17)15-20(22)27(2)23(26)18-9-6-10-19(24)21(18)25/h4-10,20,22-23H,3,11-15H2,1-2H3. The number of hydrogen-bond acceptors (Lipinski definition) is 3. The molecular weight excluding hydrogens is 375 g/mol.